The van der Waals surface area contributed by atoms with E-state index in [1.54, 1.807) is 31.2 Å². The molecule has 0 saturated carbocycles. The van der Waals surface area contributed by atoms with Gasteiger partial charge in [0.1, 0.15) is 5.75 Å². The van der Waals surface area contributed by atoms with Gasteiger partial charge in [-0.15, -0.1) is 0 Å². The van der Waals surface area contributed by atoms with Gasteiger partial charge in [-0.2, -0.15) is 0 Å². The summed E-state index contributed by atoms with van der Waals surface area (Å²) in [5, 5.41) is 0. The lowest BCUT2D eigenvalue weighted by atomic mass is 10.2. The van der Waals surface area contributed by atoms with Gasteiger partial charge >= 0.3 is 5.97 Å². The van der Waals surface area contributed by atoms with Gasteiger partial charge in [0.05, 0.1) is 18.8 Å². The molecule has 3 heteroatoms. The van der Waals surface area contributed by atoms with Crippen molar-refractivity contribution in [1.29, 1.82) is 0 Å². The van der Waals surface area contributed by atoms with Gasteiger partial charge in [-0.3, -0.25) is 0 Å². The highest BCUT2D eigenvalue weighted by Gasteiger charge is 2.05. The number of esters is 1. The van der Waals surface area contributed by atoms with E-state index in [0.29, 0.717) is 18.8 Å². The van der Waals surface area contributed by atoms with Gasteiger partial charge in [0.25, 0.3) is 0 Å². The molecule has 15 heavy (non-hydrogen) atoms. The van der Waals surface area contributed by atoms with Crippen LogP contribution in [-0.2, 0) is 4.74 Å². The number of ether oxygens (including phenoxy) is 2. The molecule has 0 unspecified atom stereocenters. The van der Waals surface area contributed by atoms with Crippen LogP contribution in [0.25, 0.3) is 0 Å². The fourth-order valence-corrected chi connectivity index (χ4v) is 1.12. The molecule has 0 spiro atoms. The molecule has 3 nitrogen and oxygen atoms in total. The first-order valence-corrected chi connectivity index (χ1v) is 5.18. The van der Waals surface area contributed by atoms with Crippen molar-refractivity contribution >= 4 is 5.97 Å². The Bertz CT molecular complexity index is 303. The zero-order chi connectivity index (χ0) is 11.1. The molecule has 0 N–H and O–H groups in total. The lowest BCUT2D eigenvalue weighted by Gasteiger charge is -2.05. The lowest BCUT2D eigenvalue weighted by Crippen LogP contribution is -2.04. The van der Waals surface area contributed by atoms with Crippen LogP contribution < -0.4 is 4.74 Å². The van der Waals surface area contributed by atoms with Crippen LogP contribution in [0, 0.1) is 0 Å². The smallest absolute Gasteiger partial charge is 0.338 e. The Morgan fingerprint density at radius 1 is 1.20 bits per heavy atom. The number of hydrogen-bond acceptors (Lipinski definition) is 3. The van der Waals surface area contributed by atoms with E-state index in [1.165, 1.54) is 0 Å². The van der Waals surface area contributed by atoms with E-state index in [2.05, 4.69) is 0 Å². The van der Waals surface area contributed by atoms with Crippen molar-refractivity contribution in [1.82, 2.24) is 0 Å². The second-order valence-corrected chi connectivity index (χ2v) is 3.09. The summed E-state index contributed by atoms with van der Waals surface area (Å²) in [6, 6.07) is 6.98. The van der Waals surface area contributed by atoms with Crippen molar-refractivity contribution in [2.24, 2.45) is 0 Å². The van der Waals surface area contributed by atoms with E-state index in [0.717, 1.165) is 12.2 Å². The molecule has 0 bridgehead atoms. The van der Waals surface area contributed by atoms with E-state index >= 15 is 0 Å². The minimum atomic E-state index is -0.292. The predicted molar refractivity (Wildman–Crippen MR) is 58.2 cm³/mol. The van der Waals surface area contributed by atoms with Gasteiger partial charge in [-0.25, -0.2) is 4.79 Å². The standard InChI is InChI=1S/C12H16O3/c1-3-9-15-11-7-5-10(6-8-11)12(13)14-4-2/h5-8H,3-4,9H2,1-2H3. The molecular formula is C12H16O3. The van der Waals surface area contributed by atoms with Crippen molar-refractivity contribution < 1.29 is 14.3 Å². The van der Waals surface area contributed by atoms with Crippen LogP contribution in [0.2, 0.25) is 0 Å². The largest absolute Gasteiger partial charge is 0.494 e. The summed E-state index contributed by atoms with van der Waals surface area (Å²) in [6.07, 6.45) is 0.972. The first kappa shape index (κ1) is 11.6. The first-order valence-electron chi connectivity index (χ1n) is 5.18. The molecule has 1 aromatic rings. The van der Waals surface area contributed by atoms with Gasteiger partial charge in [0.2, 0.25) is 0 Å². The van der Waals surface area contributed by atoms with E-state index in [4.69, 9.17) is 9.47 Å². The molecule has 1 aromatic carbocycles. The number of carbonyl (C=O) groups excluding carboxylic acids is 1. The van der Waals surface area contributed by atoms with E-state index in [9.17, 15) is 4.79 Å². The molecule has 0 aromatic heterocycles. The van der Waals surface area contributed by atoms with Gasteiger partial charge in [-0.1, -0.05) is 6.92 Å². The second-order valence-electron chi connectivity index (χ2n) is 3.09. The minimum absolute atomic E-state index is 0.292. The highest BCUT2D eigenvalue weighted by atomic mass is 16.5. The number of rotatable bonds is 5. The molecule has 82 valence electrons. The summed E-state index contributed by atoms with van der Waals surface area (Å²) >= 11 is 0. The summed E-state index contributed by atoms with van der Waals surface area (Å²) in [7, 11) is 0. The Hall–Kier alpha value is -1.51. The van der Waals surface area contributed by atoms with Gasteiger partial charge in [0.15, 0.2) is 0 Å². The van der Waals surface area contributed by atoms with Crippen LogP contribution in [0.1, 0.15) is 30.6 Å². The Balaban J connectivity index is 2.59. The third-order valence-electron chi connectivity index (χ3n) is 1.84. The Kier molecular flexibility index (Phi) is 4.68. The minimum Gasteiger partial charge on any atom is -0.494 e. The van der Waals surface area contributed by atoms with Crippen molar-refractivity contribution in [2.45, 2.75) is 20.3 Å². The summed E-state index contributed by atoms with van der Waals surface area (Å²) < 4.78 is 10.3. The topological polar surface area (TPSA) is 35.5 Å². The molecule has 1 rings (SSSR count). The summed E-state index contributed by atoms with van der Waals surface area (Å²) in [6.45, 7) is 4.93. The van der Waals surface area contributed by atoms with Gasteiger partial charge in [0, 0.05) is 0 Å². The molecular weight excluding hydrogens is 192 g/mol. The quantitative estimate of drug-likeness (QED) is 0.698. The molecule has 0 aliphatic heterocycles. The molecule has 0 fully saturated rings. The SMILES string of the molecule is CCCOc1ccc(C(=O)OCC)cc1. The van der Waals surface area contributed by atoms with Crippen LogP contribution >= 0.6 is 0 Å². The van der Waals surface area contributed by atoms with Crippen molar-refractivity contribution in [2.75, 3.05) is 13.2 Å². The van der Waals surface area contributed by atoms with Crippen molar-refractivity contribution in [3.63, 3.8) is 0 Å². The maximum Gasteiger partial charge on any atom is 0.338 e. The van der Waals surface area contributed by atoms with E-state index in [1.807, 2.05) is 6.92 Å². The Morgan fingerprint density at radius 3 is 2.40 bits per heavy atom. The van der Waals surface area contributed by atoms with Crippen LogP contribution in [0.4, 0.5) is 0 Å². The molecule has 0 saturated heterocycles. The number of benzene rings is 1. The predicted octanol–water partition coefficient (Wildman–Crippen LogP) is 2.65. The highest BCUT2D eigenvalue weighted by Crippen LogP contribution is 2.13. The number of hydrogen-bond donors (Lipinski definition) is 0. The first-order chi connectivity index (χ1) is 7.27. The molecule has 0 aliphatic rings. The monoisotopic (exact) mass is 208 g/mol. The third-order valence-corrected chi connectivity index (χ3v) is 1.84. The number of carbonyl (C=O) groups is 1. The fraction of sp³-hybridized carbons (Fsp3) is 0.417. The Morgan fingerprint density at radius 2 is 1.87 bits per heavy atom. The maximum absolute atomic E-state index is 11.3. The van der Waals surface area contributed by atoms with E-state index < -0.39 is 0 Å². The Labute approximate surface area is 90.0 Å². The third kappa shape index (κ3) is 3.62. The van der Waals surface area contributed by atoms with E-state index in [-0.39, 0.29) is 5.97 Å². The summed E-state index contributed by atoms with van der Waals surface area (Å²) in [4.78, 5) is 11.3. The van der Waals surface area contributed by atoms with Crippen LogP contribution in [0.5, 0.6) is 5.75 Å². The van der Waals surface area contributed by atoms with Crippen LogP contribution in [-0.4, -0.2) is 19.2 Å². The maximum atomic E-state index is 11.3. The van der Waals surface area contributed by atoms with Gasteiger partial charge in [-0.05, 0) is 37.6 Å². The zero-order valence-electron chi connectivity index (χ0n) is 9.16. The molecule has 0 atom stereocenters. The molecule has 0 aliphatic carbocycles. The fourth-order valence-electron chi connectivity index (χ4n) is 1.12. The molecule has 0 heterocycles. The van der Waals surface area contributed by atoms with Crippen LogP contribution in [0.3, 0.4) is 0 Å². The average molecular weight is 208 g/mol. The van der Waals surface area contributed by atoms with Gasteiger partial charge < -0.3 is 9.47 Å². The summed E-state index contributed by atoms with van der Waals surface area (Å²) in [5.74, 6) is 0.490. The second kappa shape index (κ2) is 6.06. The van der Waals surface area contributed by atoms with Crippen LogP contribution in [0.15, 0.2) is 24.3 Å². The van der Waals surface area contributed by atoms with Crippen molar-refractivity contribution in [3.8, 4) is 5.75 Å². The zero-order valence-corrected chi connectivity index (χ0v) is 9.16. The van der Waals surface area contributed by atoms with Crippen molar-refractivity contribution in [3.05, 3.63) is 29.8 Å². The normalized spacial score (nSPS) is 9.73. The average Bonchev–Trinajstić information content (AvgIpc) is 2.27. The molecule has 0 amide bonds. The molecule has 0 radical (unpaired) electrons. The summed E-state index contributed by atoms with van der Waals surface area (Å²) in [5.41, 5.74) is 0.556. The highest BCUT2D eigenvalue weighted by molar-refractivity contribution is 5.89. The lowest BCUT2D eigenvalue weighted by molar-refractivity contribution is 0.0526.